The van der Waals surface area contributed by atoms with E-state index in [4.69, 9.17) is 11.6 Å². The summed E-state index contributed by atoms with van der Waals surface area (Å²) in [7, 11) is 0. The third kappa shape index (κ3) is 2.94. The van der Waals surface area contributed by atoms with Gasteiger partial charge in [-0.1, -0.05) is 29.8 Å². The van der Waals surface area contributed by atoms with Crippen LogP contribution in [0.2, 0.25) is 5.02 Å². The standard InChI is InChI=1S/C13H14ClN3/c1-9-7-8-13(17-16-9)15-10(2)11-5-3-4-6-12(11)14/h3-8,10H,1-2H3,(H,15,17). The third-order valence-corrected chi connectivity index (χ3v) is 2.88. The van der Waals surface area contributed by atoms with E-state index in [9.17, 15) is 0 Å². The molecule has 1 N–H and O–H groups in total. The van der Waals surface area contributed by atoms with Crippen LogP contribution in [0.4, 0.5) is 5.82 Å². The fourth-order valence-corrected chi connectivity index (χ4v) is 1.90. The molecule has 17 heavy (non-hydrogen) atoms. The predicted molar refractivity (Wildman–Crippen MR) is 70.3 cm³/mol. The van der Waals surface area contributed by atoms with Crippen LogP contribution in [0, 0.1) is 6.92 Å². The van der Waals surface area contributed by atoms with Gasteiger partial charge < -0.3 is 5.32 Å². The van der Waals surface area contributed by atoms with Crippen molar-refractivity contribution in [2.45, 2.75) is 19.9 Å². The summed E-state index contributed by atoms with van der Waals surface area (Å²) < 4.78 is 0. The van der Waals surface area contributed by atoms with E-state index in [0.717, 1.165) is 22.1 Å². The first kappa shape index (κ1) is 11.9. The molecule has 0 aliphatic rings. The molecule has 1 unspecified atom stereocenters. The highest BCUT2D eigenvalue weighted by Crippen LogP contribution is 2.24. The van der Waals surface area contributed by atoms with Crippen LogP contribution in [-0.4, -0.2) is 10.2 Å². The van der Waals surface area contributed by atoms with Gasteiger partial charge in [0.2, 0.25) is 0 Å². The Kier molecular flexibility index (Phi) is 3.59. The fraction of sp³-hybridized carbons (Fsp3) is 0.231. The van der Waals surface area contributed by atoms with Gasteiger partial charge in [0.25, 0.3) is 0 Å². The van der Waals surface area contributed by atoms with Crippen molar-refractivity contribution in [1.29, 1.82) is 0 Å². The molecule has 0 aliphatic carbocycles. The average molecular weight is 248 g/mol. The first-order valence-corrected chi connectivity index (χ1v) is 5.86. The van der Waals surface area contributed by atoms with E-state index in [0.29, 0.717) is 0 Å². The van der Waals surface area contributed by atoms with Crippen LogP contribution in [0.25, 0.3) is 0 Å². The van der Waals surface area contributed by atoms with Gasteiger partial charge in [0, 0.05) is 5.02 Å². The van der Waals surface area contributed by atoms with Crippen LogP contribution in [-0.2, 0) is 0 Å². The molecule has 0 saturated carbocycles. The molecule has 1 atom stereocenters. The Balaban J connectivity index is 2.14. The minimum absolute atomic E-state index is 0.0979. The molecular formula is C13H14ClN3. The van der Waals surface area contributed by atoms with Crippen molar-refractivity contribution in [3.8, 4) is 0 Å². The maximum atomic E-state index is 6.13. The second kappa shape index (κ2) is 5.15. The lowest BCUT2D eigenvalue weighted by molar-refractivity contribution is 0.856. The zero-order valence-electron chi connectivity index (χ0n) is 9.81. The average Bonchev–Trinajstić information content (AvgIpc) is 2.32. The predicted octanol–water partition coefficient (Wildman–Crippen LogP) is 3.61. The number of rotatable bonds is 3. The molecule has 0 fully saturated rings. The van der Waals surface area contributed by atoms with Gasteiger partial charge in [-0.05, 0) is 37.6 Å². The molecule has 2 rings (SSSR count). The fourth-order valence-electron chi connectivity index (χ4n) is 1.60. The van der Waals surface area contributed by atoms with Gasteiger partial charge in [0.15, 0.2) is 0 Å². The van der Waals surface area contributed by atoms with E-state index in [-0.39, 0.29) is 6.04 Å². The maximum Gasteiger partial charge on any atom is 0.149 e. The van der Waals surface area contributed by atoms with Crippen molar-refractivity contribution in [3.05, 3.63) is 52.7 Å². The van der Waals surface area contributed by atoms with E-state index in [1.54, 1.807) is 0 Å². The Morgan fingerprint density at radius 2 is 1.88 bits per heavy atom. The van der Waals surface area contributed by atoms with Gasteiger partial charge in [-0.15, -0.1) is 5.10 Å². The first-order chi connectivity index (χ1) is 8.16. The maximum absolute atomic E-state index is 6.13. The smallest absolute Gasteiger partial charge is 0.149 e. The summed E-state index contributed by atoms with van der Waals surface area (Å²) in [5, 5.41) is 12.1. The molecule has 1 aromatic heterocycles. The SMILES string of the molecule is Cc1ccc(NC(C)c2ccccc2Cl)nn1. The summed E-state index contributed by atoms with van der Waals surface area (Å²) in [5.41, 5.74) is 1.96. The lowest BCUT2D eigenvalue weighted by Gasteiger charge is -2.15. The zero-order chi connectivity index (χ0) is 12.3. The van der Waals surface area contributed by atoms with Crippen molar-refractivity contribution in [2.75, 3.05) is 5.32 Å². The Morgan fingerprint density at radius 1 is 1.12 bits per heavy atom. The van der Waals surface area contributed by atoms with Crippen LogP contribution in [0.3, 0.4) is 0 Å². The van der Waals surface area contributed by atoms with Crippen LogP contribution in [0.1, 0.15) is 24.2 Å². The minimum Gasteiger partial charge on any atom is -0.362 e. The number of anilines is 1. The van der Waals surface area contributed by atoms with Crippen molar-refractivity contribution >= 4 is 17.4 Å². The molecule has 1 aromatic carbocycles. The second-order valence-electron chi connectivity index (χ2n) is 3.95. The zero-order valence-corrected chi connectivity index (χ0v) is 10.6. The molecule has 1 heterocycles. The van der Waals surface area contributed by atoms with E-state index in [1.165, 1.54) is 0 Å². The number of hydrogen-bond acceptors (Lipinski definition) is 3. The highest BCUT2D eigenvalue weighted by atomic mass is 35.5. The molecule has 0 amide bonds. The van der Waals surface area contributed by atoms with E-state index in [2.05, 4.69) is 15.5 Å². The number of halogens is 1. The molecule has 0 spiro atoms. The van der Waals surface area contributed by atoms with Crippen LogP contribution < -0.4 is 5.32 Å². The Morgan fingerprint density at radius 3 is 2.53 bits per heavy atom. The van der Waals surface area contributed by atoms with Crippen LogP contribution in [0.5, 0.6) is 0 Å². The molecule has 0 bridgehead atoms. The normalized spacial score (nSPS) is 12.2. The summed E-state index contributed by atoms with van der Waals surface area (Å²) in [6, 6.07) is 11.7. The van der Waals surface area contributed by atoms with E-state index >= 15 is 0 Å². The molecule has 0 aliphatic heterocycles. The number of benzene rings is 1. The van der Waals surface area contributed by atoms with Gasteiger partial charge in [0.05, 0.1) is 11.7 Å². The largest absolute Gasteiger partial charge is 0.362 e. The first-order valence-electron chi connectivity index (χ1n) is 5.48. The van der Waals surface area contributed by atoms with Crippen molar-refractivity contribution < 1.29 is 0 Å². The van der Waals surface area contributed by atoms with Gasteiger partial charge in [-0.25, -0.2) is 0 Å². The van der Waals surface area contributed by atoms with Gasteiger partial charge in [0.1, 0.15) is 5.82 Å². The Hall–Kier alpha value is -1.61. The Labute approximate surface area is 106 Å². The number of nitrogens with one attached hydrogen (secondary N) is 1. The van der Waals surface area contributed by atoms with Gasteiger partial charge in [-0.3, -0.25) is 0 Å². The lowest BCUT2D eigenvalue weighted by atomic mass is 10.1. The Bertz CT molecular complexity index is 496. The highest BCUT2D eigenvalue weighted by Gasteiger charge is 2.09. The molecule has 3 nitrogen and oxygen atoms in total. The second-order valence-corrected chi connectivity index (χ2v) is 4.35. The van der Waals surface area contributed by atoms with E-state index < -0.39 is 0 Å². The van der Waals surface area contributed by atoms with Crippen molar-refractivity contribution in [2.24, 2.45) is 0 Å². The summed E-state index contributed by atoms with van der Waals surface area (Å²) in [6.45, 7) is 3.96. The van der Waals surface area contributed by atoms with Crippen LogP contribution in [0.15, 0.2) is 36.4 Å². The molecule has 2 aromatic rings. The summed E-state index contributed by atoms with van der Waals surface area (Å²) in [5.74, 6) is 0.753. The third-order valence-electron chi connectivity index (χ3n) is 2.53. The lowest BCUT2D eigenvalue weighted by Crippen LogP contribution is -2.09. The van der Waals surface area contributed by atoms with Crippen molar-refractivity contribution in [1.82, 2.24) is 10.2 Å². The number of aryl methyl sites for hydroxylation is 1. The minimum atomic E-state index is 0.0979. The summed E-state index contributed by atoms with van der Waals surface area (Å²) in [4.78, 5) is 0. The monoisotopic (exact) mass is 247 g/mol. The molecule has 0 radical (unpaired) electrons. The molecule has 88 valence electrons. The van der Waals surface area contributed by atoms with Crippen molar-refractivity contribution in [3.63, 3.8) is 0 Å². The molecule has 0 saturated heterocycles. The van der Waals surface area contributed by atoms with Gasteiger partial charge >= 0.3 is 0 Å². The quantitative estimate of drug-likeness (QED) is 0.900. The number of nitrogens with zero attached hydrogens (tertiary/aromatic N) is 2. The highest BCUT2D eigenvalue weighted by molar-refractivity contribution is 6.31. The molecular weight excluding hydrogens is 234 g/mol. The van der Waals surface area contributed by atoms with Crippen LogP contribution >= 0.6 is 11.6 Å². The number of hydrogen-bond donors (Lipinski definition) is 1. The number of aromatic nitrogens is 2. The van der Waals surface area contributed by atoms with Gasteiger partial charge in [-0.2, -0.15) is 5.10 Å². The summed E-state index contributed by atoms with van der Waals surface area (Å²) in [6.07, 6.45) is 0. The molecule has 4 heteroatoms. The summed E-state index contributed by atoms with van der Waals surface area (Å²) >= 11 is 6.13. The topological polar surface area (TPSA) is 37.8 Å². The van der Waals surface area contributed by atoms with E-state index in [1.807, 2.05) is 50.2 Å².